The Bertz CT molecular complexity index is 790. The molecular formula is C18H23N3O2S2. The molecule has 1 unspecified atom stereocenters. The molecule has 1 atom stereocenters. The summed E-state index contributed by atoms with van der Waals surface area (Å²) in [6.07, 6.45) is 0. The minimum absolute atomic E-state index is 0.121. The largest absolute Gasteiger partial charge is 0.325 e. The highest BCUT2D eigenvalue weighted by Gasteiger charge is 2.17. The van der Waals surface area contributed by atoms with E-state index in [1.807, 2.05) is 31.2 Å². The Morgan fingerprint density at radius 1 is 1.28 bits per heavy atom. The van der Waals surface area contributed by atoms with Crippen molar-refractivity contribution in [1.82, 2.24) is 9.97 Å². The minimum Gasteiger partial charge on any atom is -0.325 e. The lowest BCUT2D eigenvalue weighted by atomic mass is 10.2. The van der Waals surface area contributed by atoms with E-state index in [0.29, 0.717) is 16.2 Å². The highest BCUT2D eigenvalue weighted by atomic mass is 32.2. The number of aromatic nitrogens is 2. The lowest BCUT2D eigenvalue weighted by Gasteiger charge is -2.13. The van der Waals surface area contributed by atoms with Gasteiger partial charge in [0.1, 0.15) is 0 Å². The van der Waals surface area contributed by atoms with E-state index in [1.165, 1.54) is 17.8 Å². The molecule has 25 heavy (non-hydrogen) atoms. The van der Waals surface area contributed by atoms with Crippen molar-refractivity contribution in [2.75, 3.05) is 5.32 Å². The standard InChI is InChI=1S/C18H23N3O2S2/c1-11(2)24-10-14-9-16(22)21-18(19-14)25-13(4)17(23)20-15-8-6-5-7-12(15)3/h5-9,11,13H,10H2,1-4H3,(H,20,23)(H,19,21,22). The number of nitrogens with zero attached hydrogens (tertiary/aromatic N) is 1. The van der Waals surface area contributed by atoms with Crippen molar-refractivity contribution in [3.8, 4) is 0 Å². The number of aromatic amines is 1. The fourth-order valence-electron chi connectivity index (χ4n) is 2.03. The van der Waals surface area contributed by atoms with Crippen LogP contribution < -0.4 is 10.9 Å². The van der Waals surface area contributed by atoms with Crippen LogP contribution in [0, 0.1) is 6.92 Å². The molecule has 2 aromatic rings. The van der Waals surface area contributed by atoms with E-state index in [2.05, 4.69) is 29.1 Å². The number of rotatable bonds is 7. The summed E-state index contributed by atoms with van der Waals surface area (Å²) in [5.41, 5.74) is 2.34. The summed E-state index contributed by atoms with van der Waals surface area (Å²) in [6, 6.07) is 9.14. The van der Waals surface area contributed by atoms with Gasteiger partial charge in [0.2, 0.25) is 5.91 Å². The second kappa shape index (κ2) is 9.10. The number of H-pyrrole nitrogens is 1. The van der Waals surface area contributed by atoms with Crippen molar-refractivity contribution < 1.29 is 4.79 Å². The van der Waals surface area contributed by atoms with Crippen molar-refractivity contribution in [1.29, 1.82) is 0 Å². The van der Waals surface area contributed by atoms with Gasteiger partial charge in [0, 0.05) is 17.5 Å². The normalized spacial score (nSPS) is 12.2. The topological polar surface area (TPSA) is 74.8 Å². The maximum absolute atomic E-state index is 12.4. The van der Waals surface area contributed by atoms with Gasteiger partial charge in [-0.1, -0.05) is 43.8 Å². The highest BCUT2D eigenvalue weighted by molar-refractivity contribution is 8.00. The minimum atomic E-state index is -0.379. The number of hydrogen-bond acceptors (Lipinski definition) is 5. The molecular weight excluding hydrogens is 354 g/mol. The van der Waals surface area contributed by atoms with Crippen LogP contribution in [0.3, 0.4) is 0 Å². The van der Waals surface area contributed by atoms with Gasteiger partial charge in [0.25, 0.3) is 5.56 Å². The first-order valence-electron chi connectivity index (χ1n) is 8.10. The maximum atomic E-state index is 12.4. The van der Waals surface area contributed by atoms with Gasteiger partial charge in [-0.25, -0.2) is 4.98 Å². The lowest BCUT2D eigenvalue weighted by Crippen LogP contribution is -2.23. The van der Waals surface area contributed by atoms with Crippen LogP contribution in [0.25, 0.3) is 0 Å². The fourth-order valence-corrected chi connectivity index (χ4v) is 3.52. The van der Waals surface area contributed by atoms with Crippen LogP contribution in [0.5, 0.6) is 0 Å². The first-order valence-corrected chi connectivity index (χ1v) is 10.0. The first-order chi connectivity index (χ1) is 11.8. The number of thioether (sulfide) groups is 2. The van der Waals surface area contributed by atoms with E-state index in [1.54, 1.807) is 18.7 Å². The summed E-state index contributed by atoms with van der Waals surface area (Å²) in [4.78, 5) is 31.4. The Labute approximate surface area is 156 Å². The summed E-state index contributed by atoms with van der Waals surface area (Å²) >= 11 is 2.98. The number of benzene rings is 1. The number of carbonyl (C=O) groups excluding carboxylic acids is 1. The summed E-state index contributed by atoms with van der Waals surface area (Å²) < 4.78 is 0. The molecule has 0 fully saturated rings. The second-order valence-electron chi connectivity index (χ2n) is 5.97. The number of anilines is 1. The van der Waals surface area contributed by atoms with E-state index in [9.17, 15) is 9.59 Å². The van der Waals surface area contributed by atoms with Gasteiger partial charge in [0.05, 0.1) is 10.9 Å². The van der Waals surface area contributed by atoms with Crippen LogP contribution in [0.15, 0.2) is 40.3 Å². The average molecular weight is 378 g/mol. The number of aryl methyl sites for hydroxylation is 1. The predicted molar refractivity (Wildman–Crippen MR) is 106 cm³/mol. The summed E-state index contributed by atoms with van der Waals surface area (Å²) in [5.74, 6) is 0.558. The zero-order chi connectivity index (χ0) is 18.4. The third-order valence-corrected chi connectivity index (χ3v) is 5.51. The van der Waals surface area contributed by atoms with Gasteiger partial charge in [-0.15, -0.1) is 0 Å². The summed E-state index contributed by atoms with van der Waals surface area (Å²) in [6.45, 7) is 7.95. The molecule has 0 aliphatic rings. The summed E-state index contributed by atoms with van der Waals surface area (Å²) in [7, 11) is 0. The molecule has 2 rings (SSSR count). The average Bonchev–Trinajstić information content (AvgIpc) is 2.54. The molecule has 5 nitrogen and oxygen atoms in total. The number of nitrogens with one attached hydrogen (secondary N) is 2. The number of amides is 1. The lowest BCUT2D eigenvalue weighted by molar-refractivity contribution is -0.115. The van der Waals surface area contributed by atoms with Crippen LogP contribution in [-0.2, 0) is 10.5 Å². The van der Waals surface area contributed by atoms with Gasteiger partial charge in [-0.3, -0.25) is 9.59 Å². The third-order valence-electron chi connectivity index (χ3n) is 3.40. The second-order valence-corrected chi connectivity index (χ2v) is 8.86. The van der Waals surface area contributed by atoms with Gasteiger partial charge in [-0.2, -0.15) is 11.8 Å². The smallest absolute Gasteiger partial charge is 0.251 e. The molecule has 0 saturated carbocycles. The van der Waals surface area contributed by atoms with Crippen molar-refractivity contribution in [2.45, 2.75) is 49.1 Å². The Kier molecular flexibility index (Phi) is 7.13. The monoisotopic (exact) mass is 377 g/mol. The molecule has 0 radical (unpaired) electrons. The molecule has 1 amide bonds. The molecule has 7 heteroatoms. The molecule has 0 spiro atoms. The van der Waals surface area contributed by atoms with E-state index in [4.69, 9.17) is 0 Å². The van der Waals surface area contributed by atoms with Crippen LogP contribution in [0.4, 0.5) is 5.69 Å². The Morgan fingerprint density at radius 3 is 2.68 bits per heavy atom. The molecule has 2 N–H and O–H groups in total. The Morgan fingerprint density at radius 2 is 2.00 bits per heavy atom. The van der Waals surface area contributed by atoms with Crippen molar-refractivity contribution in [3.63, 3.8) is 0 Å². The van der Waals surface area contributed by atoms with Gasteiger partial charge >= 0.3 is 0 Å². The van der Waals surface area contributed by atoms with E-state index >= 15 is 0 Å². The van der Waals surface area contributed by atoms with E-state index < -0.39 is 0 Å². The Hall–Kier alpha value is -1.73. The molecule has 1 aromatic carbocycles. The molecule has 0 bridgehead atoms. The predicted octanol–water partition coefficient (Wildman–Crippen LogP) is 3.84. The number of hydrogen-bond donors (Lipinski definition) is 2. The van der Waals surface area contributed by atoms with Crippen LogP contribution >= 0.6 is 23.5 Å². The van der Waals surface area contributed by atoms with E-state index in [-0.39, 0.29) is 16.7 Å². The van der Waals surface area contributed by atoms with E-state index in [0.717, 1.165) is 16.9 Å². The van der Waals surface area contributed by atoms with Crippen LogP contribution in [0.1, 0.15) is 32.0 Å². The highest BCUT2D eigenvalue weighted by Crippen LogP contribution is 2.22. The molecule has 0 saturated heterocycles. The fraction of sp³-hybridized carbons (Fsp3) is 0.389. The van der Waals surface area contributed by atoms with Crippen molar-refractivity contribution >= 4 is 35.1 Å². The van der Waals surface area contributed by atoms with Gasteiger partial charge in [0.15, 0.2) is 5.16 Å². The SMILES string of the molecule is Cc1ccccc1NC(=O)C(C)Sc1nc(CSC(C)C)cc(=O)[nH]1. The number of para-hydroxylation sites is 1. The van der Waals surface area contributed by atoms with Crippen LogP contribution in [-0.4, -0.2) is 26.4 Å². The molecule has 0 aliphatic heterocycles. The zero-order valence-corrected chi connectivity index (χ0v) is 16.5. The van der Waals surface area contributed by atoms with Gasteiger partial charge in [-0.05, 0) is 30.7 Å². The molecule has 1 heterocycles. The number of carbonyl (C=O) groups is 1. The zero-order valence-electron chi connectivity index (χ0n) is 14.8. The van der Waals surface area contributed by atoms with Crippen molar-refractivity contribution in [3.05, 3.63) is 51.9 Å². The summed E-state index contributed by atoms with van der Waals surface area (Å²) in [5, 5.41) is 3.48. The van der Waals surface area contributed by atoms with Crippen LogP contribution in [0.2, 0.25) is 0 Å². The molecule has 0 aliphatic carbocycles. The maximum Gasteiger partial charge on any atom is 0.251 e. The third kappa shape index (κ3) is 6.25. The Balaban J connectivity index is 2.04. The molecule has 1 aromatic heterocycles. The van der Waals surface area contributed by atoms with Gasteiger partial charge < -0.3 is 10.3 Å². The molecule has 134 valence electrons. The first kappa shape index (κ1) is 19.6. The van der Waals surface area contributed by atoms with Crippen molar-refractivity contribution in [2.24, 2.45) is 0 Å². The quantitative estimate of drug-likeness (QED) is 0.566.